The first-order chi connectivity index (χ1) is 10.3. The van der Waals surface area contributed by atoms with E-state index in [2.05, 4.69) is 73.3 Å². The van der Waals surface area contributed by atoms with Crippen LogP contribution >= 0.6 is 0 Å². The van der Waals surface area contributed by atoms with Crippen molar-refractivity contribution in [3.63, 3.8) is 0 Å². The van der Waals surface area contributed by atoms with Crippen LogP contribution < -0.4 is 0 Å². The first-order valence-corrected chi connectivity index (χ1v) is 8.11. The third-order valence-corrected chi connectivity index (χ3v) is 4.75. The molecule has 2 aromatic carbocycles. The maximum absolute atomic E-state index is 2.60. The Bertz CT molecular complexity index is 558. The molecule has 1 heteroatoms. The minimum Gasteiger partial charge on any atom is -0.298 e. The van der Waals surface area contributed by atoms with Gasteiger partial charge in [-0.15, -0.1) is 0 Å². The molecule has 0 saturated carbocycles. The molecule has 21 heavy (non-hydrogen) atoms. The third kappa shape index (κ3) is 3.36. The Labute approximate surface area is 128 Å². The van der Waals surface area contributed by atoms with Gasteiger partial charge in [0.2, 0.25) is 0 Å². The van der Waals surface area contributed by atoms with E-state index in [1.807, 2.05) is 0 Å². The fourth-order valence-corrected chi connectivity index (χ4v) is 3.47. The molecule has 110 valence electrons. The molecule has 0 N–H and O–H groups in total. The Kier molecular flexibility index (Phi) is 4.40. The van der Waals surface area contributed by atoms with Crippen molar-refractivity contribution in [3.8, 4) is 0 Å². The highest BCUT2D eigenvalue weighted by Crippen LogP contribution is 2.33. The Balaban J connectivity index is 1.67. The lowest BCUT2D eigenvalue weighted by molar-refractivity contribution is 0.319. The Morgan fingerprint density at radius 3 is 2.29 bits per heavy atom. The van der Waals surface area contributed by atoms with E-state index < -0.39 is 0 Å². The van der Waals surface area contributed by atoms with Gasteiger partial charge in [-0.25, -0.2) is 0 Å². The molecule has 0 amide bonds. The van der Waals surface area contributed by atoms with E-state index in [1.54, 1.807) is 0 Å². The van der Waals surface area contributed by atoms with Gasteiger partial charge in [0.15, 0.2) is 0 Å². The second-order valence-corrected chi connectivity index (χ2v) is 6.36. The maximum Gasteiger partial charge on any atom is 0.0234 e. The summed E-state index contributed by atoms with van der Waals surface area (Å²) in [5.41, 5.74) is 4.37. The molecule has 0 bridgehead atoms. The van der Waals surface area contributed by atoms with E-state index in [0.29, 0.717) is 5.92 Å². The third-order valence-electron chi connectivity index (χ3n) is 4.75. The van der Waals surface area contributed by atoms with Gasteiger partial charge in [0.1, 0.15) is 0 Å². The molecule has 1 fully saturated rings. The Morgan fingerprint density at radius 1 is 0.905 bits per heavy atom. The monoisotopic (exact) mass is 279 g/mol. The highest BCUT2D eigenvalue weighted by atomic mass is 15.1. The SMILES string of the molecule is CCc1ccc(C2CN(Cc3ccccc3)CC2C)cc1. The van der Waals surface area contributed by atoms with Crippen LogP contribution in [-0.2, 0) is 13.0 Å². The molecule has 1 aliphatic rings. The minimum absolute atomic E-state index is 0.680. The van der Waals surface area contributed by atoms with Crippen LogP contribution in [0, 0.1) is 5.92 Å². The molecule has 1 saturated heterocycles. The maximum atomic E-state index is 2.60. The normalized spacial score (nSPS) is 22.6. The van der Waals surface area contributed by atoms with Crippen molar-refractivity contribution in [1.29, 1.82) is 0 Å². The average Bonchev–Trinajstić information content (AvgIpc) is 2.89. The molecule has 0 aliphatic carbocycles. The van der Waals surface area contributed by atoms with E-state index in [4.69, 9.17) is 0 Å². The number of nitrogens with zero attached hydrogens (tertiary/aromatic N) is 1. The van der Waals surface area contributed by atoms with Crippen LogP contribution in [-0.4, -0.2) is 18.0 Å². The van der Waals surface area contributed by atoms with Crippen molar-refractivity contribution in [3.05, 3.63) is 71.3 Å². The molecule has 1 aliphatic heterocycles. The summed E-state index contributed by atoms with van der Waals surface area (Å²) in [6, 6.07) is 20.1. The van der Waals surface area contributed by atoms with Crippen LogP contribution in [0.2, 0.25) is 0 Å². The van der Waals surface area contributed by atoms with E-state index in [1.165, 1.54) is 29.8 Å². The van der Waals surface area contributed by atoms with E-state index >= 15 is 0 Å². The van der Waals surface area contributed by atoms with Gasteiger partial charge in [0.05, 0.1) is 0 Å². The van der Waals surface area contributed by atoms with Crippen molar-refractivity contribution in [2.75, 3.05) is 13.1 Å². The van der Waals surface area contributed by atoms with Gasteiger partial charge < -0.3 is 0 Å². The Hall–Kier alpha value is -1.60. The highest BCUT2D eigenvalue weighted by molar-refractivity contribution is 5.27. The fraction of sp³-hybridized carbons (Fsp3) is 0.400. The van der Waals surface area contributed by atoms with Crippen LogP contribution in [0.1, 0.15) is 36.5 Å². The lowest BCUT2D eigenvalue weighted by atomic mass is 9.90. The number of likely N-dealkylation sites (tertiary alicyclic amines) is 1. The zero-order valence-corrected chi connectivity index (χ0v) is 13.1. The highest BCUT2D eigenvalue weighted by Gasteiger charge is 2.30. The van der Waals surface area contributed by atoms with Gasteiger partial charge in [0, 0.05) is 25.6 Å². The van der Waals surface area contributed by atoms with Crippen molar-refractivity contribution in [2.45, 2.75) is 32.7 Å². The predicted molar refractivity (Wildman–Crippen MR) is 89.4 cm³/mol. The van der Waals surface area contributed by atoms with Gasteiger partial charge >= 0.3 is 0 Å². The van der Waals surface area contributed by atoms with Gasteiger partial charge in [-0.2, -0.15) is 0 Å². The summed E-state index contributed by atoms with van der Waals surface area (Å²) >= 11 is 0. The van der Waals surface area contributed by atoms with Crippen LogP contribution in [0.3, 0.4) is 0 Å². The summed E-state index contributed by atoms with van der Waals surface area (Å²) in [4.78, 5) is 2.60. The second-order valence-electron chi connectivity index (χ2n) is 6.36. The van der Waals surface area contributed by atoms with Crippen molar-refractivity contribution in [1.82, 2.24) is 4.90 Å². The Morgan fingerprint density at radius 2 is 1.62 bits per heavy atom. The first-order valence-electron chi connectivity index (χ1n) is 8.11. The molecule has 2 unspecified atom stereocenters. The summed E-state index contributed by atoms with van der Waals surface area (Å²) in [5.74, 6) is 1.42. The summed E-state index contributed by atoms with van der Waals surface area (Å²) < 4.78 is 0. The van der Waals surface area contributed by atoms with E-state index in [9.17, 15) is 0 Å². The van der Waals surface area contributed by atoms with Gasteiger partial charge in [-0.3, -0.25) is 4.90 Å². The number of hydrogen-bond acceptors (Lipinski definition) is 1. The molecule has 2 atom stereocenters. The molecular formula is C20H25N. The van der Waals surface area contributed by atoms with Crippen LogP contribution in [0.25, 0.3) is 0 Å². The molecule has 0 radical (unpaired) electrons. The van der Waals surface area contributed by atoms with Crippen molar-refractivity contribution < 1.29 is 0 Å². The van der Waals surface area contributed by atoms with Gasteiger partial charge in [0.25, 0.3) is 0 Å². The number of hydrogen-bond donors (Lipinski definition) is 0. The predicted octanol–water partition coefficient (Wildman–Crippen LogP) is 4.48. The average molecular weight is 279 g/mol. The number of rotatable bonds is 4. The van der Waals surface area contributed by atoms with E-state index in [-0.39, 0.29) is 0 Å². The van der Waals surface area contributed by atoms with Crippen LogP contribution in [0.5, 0.6) is 0 Å². The van der Waals surface area contributed by atoms with Crippen LogP contribution in [0.15, 0.2) is 54.6 Å². The molecule has 3 rings (SSSR count). The minimum atomic E-state index is 0.680. The molecule has 1 nitrogen and oxygen atoms in total. The second kappa shape index (κ2) is 6.44. The summed E-state index contributed by atoms with van der Waals surface area (Å²) in [6.45, 7) is 8.07. The van der Waals surface area contributed by atoms with Crippen molar-refractivity contribution >= 4 is 0 Å². The zero-order valence-electron chi connectivity index (χ0n) is 13.1. The summed E-state index contributed by atoms with van der Waals surface area (Å²) in [6.07, 6.45) is 1.13. The standard InChI is InChI=1S/C20H25N/c1-3-17-9-11-19(12-10-17)20-15-21(13-16(20)2)14-18-7-5-4-6-8-18/h4-12,16,20H,3,13-15H2,1-2H3. The largest absolute Gasteiger partial charge is 0.298 e. The summed E-state index contributed by atoms with van der Waals surface area (Å²) in [7, 11) is 0. The first kappa shape index (κ1) is 14.3. The smallest absolute Gasteiger partial charge is 0.0234 e. The molecule has 1 heterocycles. The topological polar surface area (TPSA) is 3.24 Å². The molecule has 0 spiro atoms. The van der Waals surface area contributed by atoms with Gasteiger partial charge in [-0.1, -0.05) is 68.4 Å². The summed E-state index contributed by atoms with van der Waals surface area (Å²) in [5, 5.41) is 0. The molecular weight excluding hydrogens is 254 g/mol. The number of aryl methyl sites for hydroxylation is 1. The lowest BCUT2D eigenvalue weighted by Gasteiger charge is -2.16. The van der Waals surface area contributed by atoms with Crippen molar-refractivity contribution in [2.24, 2.45) is 5.92 Å². The van der Waals surface area contributed by atoms with Gasteiger partial charge in [-0.05, 0) is 29.0 Å². The quantitative estimate of drug-likeness (QED) is 0.797. The van der Waals surface area contributed by atoms with Crippen LogP contribution in [0.4, 0.5) is 0 Å². The molecule has 2 aromatic rings. The molecule has 0 aromatic heterocycles. The number of benzene rings is 2. The fourth-order valence-electron chi connectivity index (χ4n) is 3.47. The zero-order chi connectivity index (χ0) is 14.7. The lowest BCUT2D eigenvalue weighted by Crippen LogP contribution is -2.20. The van der Waals surface area contributed by atoms with E-state index in [0.717, 1.165) is 18.9 Å².